The molecule has 0 spiro atoms. The van der Waals surface area contributed by atoms with Gasteiger partial charge in [-0.1, -0.05) is 0 Å². The fourth-order valence-corrected chi connectivity index (χ4v) is 1.85. The average Bonchev–Trinajstić information content (AvgIpc) is 2.15. The molecular weight excluding hydrogens is 212 g/mol. The molecule has 1 aliphatic heterocycles. The van der Waals surface area contributed by atoms with Crippen LogP contribution in [0.15, 0.2) is 12.1 Å². The van der Waals surface area contributed by atoms with E-state index in [-0.39, 0.29) is 23.0 Å². The van der Waals surface area contributed by atoms with Gasteiger partial charge in [0, 0.05) is 6.42 Å². The summed E-state index contributed by atoms with van der Waals surface area (Å²) in [4.78, 5) is 22.5. The summed E-state index contributed by atoms with van der Waals surface area (Å²) in [6.07, 6.45) is -0.0724. The standard InChI is InChI=1S/C11H10O5/c1-5-4-7-6(11(15)16-5)2-3-8(12)9(7)10(13)14/h2-3,5,12H,4H2,1H3,(H,13,14)/t5-/m1/s1. The fourth-order valence-electron chi connectivity index (χ4n) is 1.85. The zero-order valence-corrected chi connectivity index (χ0v) is 8.56. The molecule has 84 valence electrons. The largest absolute Gasteiger partial charge is 0.507 e. The van der Waals surface area contributed by atoms with Crippen molar-refractivity contribution >= 4 is 11.9 Å². The lowest BCUT2D eigenvalue weighted by molar-refractivity contribution is 0.0300. The molecule has 1 aromatic rings. The first-order valence-electron chi connectivity index (χ1n) is 4.80. The lowest BCUT2D eigenvalue weighted by atomic mass is 9.93. The molecule has 5 heteroatoms. The molecule has 0 fully saturated rings. The summed E-state index contributed by atoms with van der Waals surface area (Å²) in [5.41, 5.74) is 0.352. The van der Waals surface area contributed by atoms with E-state index < -0.39 is 11.9 Å². The summed E-state index contributed by atoms with van der Waals surface area (Å²) in [6, 6.07) is 2.57. The molecular formula is C11H10O5. The lowest BCUT2D eigenvalue weighted by Gasteiger charge is -2.23. The van der Waals surface area contributed by atoms with Crippen LogP contribution in [0.25, 0.3) is 0 Å². The van der Waals surface area contributed by atoms with Gasteiger partial charge in [-0.05, 0) is 24.6 Å². The van der Waals surface area contributed by atoms with Gasteiger partial charge >= 0.3 is 11.9 Å². The first-order chi connectivity index (χ1) is 7.50. The molecule has 0 unspecified atom stereocenters. The van der Waals surface area contributed by atoms with E-state index in [4.69, 9.17) is 9.84 Å². The van der Waals surface area contributed by atoms with Crippen LogP contribution >= 0.6 is 0 Å². The normalized spacial score (nSPS) is 18.8. The van der Waals surface area contributed by atoms with Crippen molar-refractivity contribution in [2.24, 2.45) is 0 Å². The molecule has 1 heterocycles. The first kappa shape index (κ1) is 10.5. The van der Waals surface area contributed by atoms with Gasteiger partial charge in [-0.25, -0.2) is 9.59 Å². The number of carboxylic acid groups (broad SMARTS) is 1. The van der Waals surface area contributed by atoms with Gasteiger partial charge in [0.1, 0.15) is 17.4 Å². The Labute approximate surface area is 91.3 Å². The highest BCUT2D eigenvalue weighted by atomic mass is 16.5. The van der Waals surface area contributed by atoms with Gasteiger partial charge in [-0.15, -0.1) is 0 Å². The second kappa shape index (κ2) is 3.52. The van der Waals surface area contributed by atoms with Gasteiger partial charge in [0.25, 0.3) is 0 Å². The molecule has 0 saturated carbocycles. The lowest BCUT2D eigenvalue weighted by Crippen LogP contribution is -2.27. The van der Waals surface area contributed by atoms with Crippen LogP contribution in [0.5, 0.6) is 5.75 Å². The monoisotopic (exact) mass is 222 g/mol. The molecule has 0 aliphatic carbocycles. The van der Waals surface area contributed by atoms with E-state index in [1.165, 1.54) is 12.1 Å². The number of hydrogen-bond donors (Lipinski definition) is 2. The second-order valence-corrected chi connectivity index (χ2v) is 3.71. The van der Waals surface area contributed by atoms with Crippen molar-refractivity contribution < 1.29 is 24.5 Å². The molecule has 0 saturated heterocycles. The number of benzene rings is 1. The first-order valence-corrected chi connectivity index (χ1v) is 4.80. The van der Waals surface area contributed by atoms with Crippen molar-refractivity contribution in [2.75, 3.05) is 0 Å². The Morgan fingerprint density at radius 3 is 2.81 bits per heavy atom. The van der Waals surface area contributed by atoms with Gasteiger partial charge < -0.3 is 14.9 Å². The van der Waals surface area contributed by atoms with Crippen molar-refractivity contribution in [1.82, 2.24) is 0 Å². The van der Waals surface area contributed by atoms with E-state index in [2.05, 4.69) is 0 Å². The molecule has 1 aliphatic rings. The molecule has 16 heavy (non-hydrogen) atoms. The van der Waals surface area contributed by atoms with Gasteiger partial charge in [0.15, 0.2) is 0 Å². The van der Waals surface area contributed by atoms with Gasteiger partial charge in [-0.2, -0.15) is 0 Å². The Morgan fingerprint density at radius 1 is 1.50 bits per heavy atom. The summed E-state index contributed by atoms with van der Waals surface area (Å²) < 4.78 is 4.97. The Bertz CT molecular complexity index is 478. The molecule has 1 atom stereocenters. The molecule has 5 nitrogen and oxygen atoms in total. The van der Waals surface area contributed by atoms with Gasteiger partial charge in [0.05, 0.1) is 5.56 Å². The number of carboxylic acids is 1. The van der Waals surface area contributed by atoms with E-state index in [0.717, 1.165) is 0 Å². The predicted octanol–water partition coefficient (Wildman–Crippen LogP) is 1.19. The summed E-state index contributed by atoms with van der Waals surface area (Å²) in [6.45, 7) is 1.68. The number of carbonyl (C=O) groups excluding carboxylic acids is 1. The fraction of sp³-hybridized carbons (Fsp3) is 0.273. The van der Waals surface area contributed by atoms with Crippen LogP contribution in [-0.4, -0.2) is 28.3 Å². The predicted molar refractivity (Wildman–Crippen MR) is 53.6 cm³/mol. The Balaban J connectivity index is 2.67. The number of phenols is 1. The number of ether oxygens (including phenoxy) is 1. The Hall–Kier alpha value is -2.04. The smallest absolute Gasteiger partial charge is 0.339 e. The molecule has 1 aromatic carbocycles. The number of rotatable bonds is 1. The molecule has 0 bridgehead atoms. The maximum absolute atomic E-state index is 11.5. The molecule has 0 aromatic heterocycles. The van der Waals surface area contributed by atoms with Crippen molar-refractivity contribution in [2.45, 2.75) is 19.4 Å². The van der Waals surface area contributed by atoms with E-state index in [0.29, 0.717) is 12.0 Å². The zero-order chi connectivity index (χ0) is 11.9. The zero-order valence-electron chi connectivity index (χ0n) is 8.56. The number of aromatic hydroxyl groups is 1. The van der Waals surface area contributed by atoms with Gasteiger partial charge in [0.2, 0.25) is 0 Å². The molecule has 2 N–H and O–H groups in total. The van der Waals surface area contributed by atoms with Crippen LogP contribution in [0.2, 0.25) is 0 Å². The third-order valence-corrected chi connectivity index (χ3v) is 2.52. The maximum atomic E-state index is 11.5. The van der Waals surface area contributed by atoms with Crippen LogP contribution in [-0.2, 0) is 11.2 Å². The molecule has 2 rings (SSSR count). The minimum atomic E-state index is -1.24. The second-order valence-electron chi connectivity index (χ2n) is 3.71. The number of hydrogen-bond acceptors (Lipinski definition) is 4. The highest BCUT2D eigenvalue weighted by Gasteiger charge is 2.29. The van der Waals surface area contributed by atoms with E-state index in [9.17, 15) is 14.7 Å². The topological polar surface area (TPSA) is 83.8 Å². The van der Waals surface area contributed by atoms with Crippen LogP contribution in [0, 0.1) is 0 Å². The number of cyclic esters (lactones) is 1. The third-order valence-electron chi connectivity index (χ3n) is 2.52. The average molecular weight is 222 g/mol. The Morgan fingerprint density at radius 2 is 2.19 bits per heavy atom. The van der Waals surface area contributed by atoms with Crippen LogP contribution in [0.1, 0.15) is 33.2 Å². The summed E-state index contributed by atoms with van der Waals surface area (Å²) in [7, 11) is 0. The number of aromatic carboxylic acids is 1. The maximum Gasteiger partial charge on any atom is 0.339 e. The van der Waals surface area contributed by atoms with Crippen molar-refractivity contribution in [1.29, 1.82) is 0 Å². The third kappa shape index (κ3) is 1.50. The van der Waals surface area contributed by atoms with Gasteiger partial charge in [-0.3, -0.25) is 0 Å². The van der Waals surface area contributed by atoms with Crippen molar-refractivity contribution in [3.63, 3.8) is 0 Å². The minimum absolute atomic E-state index is 0.207. The number of fused-ring (bicyclic) bond motifs is 1. The summed E-state index contributed by atoms with van der Waals surface area (Å²) >= 11 is 0. The highest BCUT2D eigenvalue weighted by Crippen LogP contribution is 2.30. The quantitative estimate of drug-likeness (QED) is 0.697. The molecule has 0 amide bonds. The van der Waals surface area contributed by atoms with Crippen LogP contribution in [0.4, 0.5) is 0 Å². The van der Waals surface area contributed by atoms with Crippen LogP contribution in [0.3, 0.4) is 0 Å². The van der Waals surface area contributed by atoms with Crippen molar-refractivity contribution in [3.8, 4) is 5.75 Å². The Kier molecular flexibility index (Phi) is 2.30. The van der Waals surface area contributed by atoms with E-state index >= 15 is 0 Å². The highest BCUT2D eigenvalue weighted by molar-refractivity contribution is 6.00. The SMILES string of the molecule is C[C@@H]1Cc2c(ccc(O)c2C(=O)O)C(=O)O1. The van der Waals surface area contributed by atoms with E-state index in [1.807, 2.05) is 0 Å². The summed E-state index contributed by atoms with van der Waals surface area (Å²) in [5, 5.41) is 18.5. The minimum Gasteiger partial charge on any atom is -0.507 e. The molecule has 0 radical (unpaired) electrons. The van der Waals surface area contributed by atoms with Crippen molar-refractivity contribution in [3.05, 3.63) is 28.8 Å². The van der Waals surface area contributed by atoms with Crippen LogP contribution < -0.4 is 0 Å². The number of carbonyl (C=O) groups is 2. The summed E-state index contributed by atoms with van der Waals surface area (Å²) in [5.74, 6) is -2.11. The van der Waals surface area contributed by atoms with E-state index in [1.54, 1.807) is 6.92 Å². The number of esters is 1.